The molecule has 0 radical (unpaired) electrons. The summed E-state index contributed by atoms with van der Waals surface area (Å²) >= 11 is 0. The van der Waals surface area contributed by atoms with Crippen LogP contribution in [0.2, 0.25) is 0 Å². The largest absolute Gasteiger partial charge is 0.483 e. The van der Waals surface area contributed by atoms with E-state index < -0.39 is 0 Å². The fourth-order valence-electron chi connectivity index (χ4n) is 2.78. The van der Waals surface area contributed by atoms with Gasteiger partial charge in [0.1, 0.15) is 5.75 Å². The molecule has 0 saturated heterocycles. The molecule has 3 rings (SSSR count). The van der Waals surface area contributed by atoms with E-state index in [0.29, 0.717) is 18.2 Å². The van der Waals surface area contributed by atoms with Crippen LogP contribution in [0.1, 0.15) is 26.3 Å². The molecule has 2 aromatic carbocycles. The summed E-state index contributed by atoms with van der Waals surface area (Å²) in [7, 11) is 1.76. The summed E-state index contributed by atoms with van der Waals surface area (Å²) in [5.41, 5.74) is 0.645. The molecule has 2 N–H and O–H groups in total. The molecule has 0 saturated carbocycles. The predicted molar refractivity (Wildman–Crippen MR) is 103 cm³/mol. The Balaban J connectivity index is 1.83. The van der Waals surface area contributed by atoms with Gasteiger partial charge in [0.2, 0.25) is 5.95 Å². The van der Waals surface area contributed by atoms with Crippen molar-refractivity contribution in [3.8, 4) is 5.75 Å². The molecule has 0 aliphatic heterocycles. The molecule has 0 unspecified atom stereocenters. The number of benzene rings is 2. The molecule has 0 aliphatic rings. The zero-order valence-electron chi connectivity index (χ0n) is 16.0. The average molecular weight is 368 g/mol. The lowest BCUT2D eigenvalue weighted by molar-refractivity contribution is -0.124. The van der Waals surface area contributed by atoms with Crippen LogP contribution in [-0.4, -0.2) is 38.3 Å². The van der Waals surface area contributed by atoms with Crippen LogP contribution in [0.15, 0.2) is 36.4 Å². The maximum atomic E-state index is 12.1. The number of fused-ring (bicyclic) bond motifs is 1. The summed E-state index contributed by atoms with van der Waals surface area (Å²) in [4.78, 5) is 12.1. The highest BCUT2D eigenvalue weighted by atomic mass is 16.5. The lowest BCUT2D eigenvalue weighted by Gasteiger charge is -2.21. The highest BCUT2D eigenvalue weighted by molar-refractivity contribution is 5.88. The lowest BCUT2D eigenvalue weighted by atomic mass is 10.0. The topological polar surface area (TPSA) is 94.0 Å². The number of aromatic nitrogens is 4. The third-order valence-corrected chi connectivity index (χ3v) is 3.91. The van der Waals surface area contributed by atoms with Gasteiger partial charge in [-0.25, -0.2) is 4.68 Å². The number of ether oxygens (including phenoxy) is 1. The number of nitrogens with zero attached hydrogens (tertiary/aromatic N) is 4. The minimum absolute atomic E-state index is 0.0475. The normalized spacial score (nSPS) is 11.4. The Kier molecular flexibility index (Phi) is 5.25. The molecule has 1 aromatic heterocycles. The molecule has 0 fully saturated rings. The summed E-state index contributed by atoms with van der Waals surface area (Å²) in [5.74, 6) is 1.05. The van der Waals surface area contributed by atoms with Gasteiger partial charge in [-0.05, 0) is 48.0 Å². The van der Waals surface area contributed by atoms with E-state index in [9.17, 15) is 4.79 Å². The Hall–Kier alpha value is -3.16. The summed E-state index contributed by atoms with van der Waals surface area (Å²) in [6.07, 6.45) is 0. The average Bonchev–Trinajstić information content (AvgIpc) is 3.01. The molecular weight excluding hydrogens is 344 g/mol. The van der Waals surface area contributed by atoms with Gasteiger partial charge < -0.3 is 15.4 Å². The van der Waals surface area contributed by atoms with E-state index in [1.807, 2.05) is 57.2 Å². The van der Waals surface area contributed by atoms with Crippen LogP contribution in [-0.2, 0) is 18.4 Å². The molecule has 1 heterocycles. The highest BCUT2D eigenvalue weighted by Gasteiger charge is 2.16. The Morgan fingerprint density at radius 3 is 2.67 bits per heavy atom. The highest BCUT2D eigenvalue weighted by Crippen LogP contribution is 2.28. The van der Waals surface area contributed by atoms with Crippen LogP contribution in [0.25, 0.3) is 10.8 Å². The first-order chi connectivity index (χ1) is 12.8. The third-order valence-electron chi connectivity index (χ3n) is 3.91. The molecular formula is C19H24N6O2. The van der Waals surface area contributed by atoms with E-state index in [1.54, 1.807) is 11.7 Å². The first kappa shape index (κ1) is 18.6. The fourth-order valence-corrected chi connectivity index (χ4v) is 2.78. The zero-order chi connectivity index (χ0) is 19.4. The van der Waals surface area contributed by atoms with Crippen molar-refractivity contribution in [2.24, 2.45) is 7.05 Å². The van der Waals surface area contributed by atoms with Gasteiger partial charge >= 0.3 is 0 Å². The van der Waals surface area contributed by atoms with Crippen molar-refractivity contribution in [2.75, 3.05) is 11.9 Å². The Labute approximate surface area is 157 Å². The summed E-state index contributed by atoms with van der Waals surface area (Å²) in [6, 6.07) is 11.9. The first-order valence-corrected chi connectivity index (χ1v) is 8.74. The SMILES string of the molecule is Cn1nnnc1NCc1c(OCC(=O)NC(C)(C)C)ccc2ccccc12. The van der Waals surface area contributed by atoms with Crippen LogP contribution in [0.3, 0.4) is 0 Å². The standard InChI is InChI=1S/C19H24N6O2/c1-19(2,3)21-17(26)12-27-16-10-9-13-7-5-6-8-14(13)15(16)11-20-18-22-23-24-25(18)4/h5-10H,11-12H2,1-4H3,(H,21,26)(H,20,22,24). The second-order valence-electron chi connectivity index (χ2n) is 7.33. The van der Waals surface area contributed by atoms with E-state index in [-0.39, 0.29) is 18.1 Å². The molecule has 0 atom stereocenters. The summed E-state index contributed by atoms with van der Waals surface area (Å²) < 4.78 is 7.40. The molecule has 142 valence electrons. The van der Waals surface area contributed by atoms with Crippen LogP contribution < -0.4 is 15.4 Å². The molecule has 8 nitrogen and oxygen atoms in total. The second-order valence-corrected chi connectivity index (χ2v) is 7.33. The number of nitrogens with one attached hydrogen (secondary N) is 2. The third kappa shape index (κ3) is 4.72. The maximum Gasteiger partial charge on any atom is 0.258 e. The lowest BCUT2D eigenvalue weighted by Crippen LogP contribution is -2.43. The molecule has 0 spiro atoms. The first-order valence-electron chi connectivity index (χ1n) is 8.74. The summed E-state index contributed by atoms with van der Waals surface area (Å²) in [5, 5.41) is 19.6. The number of rotatable bonds is 6. The van der Waals surface area contributed by atoms with Crippen molar-refractivity contribution in [1.29, 1.82) is 0 Å². The zero-order valence-corrected chi connectivity index (χ0v) is 16.0. The van der Waals surface area contributed by atoms with Crippen molar-refractivity contribution in [3.05, 3.63) is 42.0 Å². The van der Waals surface area contributed by atoms with Crippen molar-refractivity contribution in [1.82, 2.24) is 25.5 Å². The number of carbonyl (C=O) groups is 1. The quantitative estimate of drug-likeness (QED) is 0.693. The number of tetrazole rings is 1. The van der Waals surface area contributed by atoms with E-state index >= 15 is 0 Å². The van der Waals surface area contributed by atoms with Crippen LogP contribution in [0.4, 0.5) is 5.95 Å². The molecule has 1 amide bonds. The van der Waals surface area contributed by atoms with Crippen molar-refractivity contribution >= 4 is 22.6 Å². The van der Waals surface area contributed by atoms with Gasteiger partial charge in [0.25, 0.3) is 5.91 Å². The van der Waals surface area contributed by atoms with Gasteiger partial charge in [-0.1, -0.05) is 35.4 Å². The van der Waals surface area contributed by atoms with Crippen molar-refractivity contribution < 1.29 is 9.53 Å². The second kappa shape index (κ2) is 7.61. The van der Waals surface area contributed by atoms with Gasteiger partial charge in [0.05, 0.1) is 0 Å². The minimum Gasteiger partial charge on any atom is -0.483 e. The monoisotopic (exact) mass is 368 g/mol. The van der Waals surface area contributed by atoms with Crippen LogP contribution in [0, 0.1) is 0 Å². The minimum atomic E-state index is -0.299. The van der Waals surface area contributed by atoms with Gasteiger partial charge in [0, 0.05) is 24.7 Å². The molecule has 8 heteroatoms. The fraction of sp³-hybridized carbons (Fsp3) is 0.368. The Morgan fingerprint density at radius 1 is 1.19 bits per heavy atom. The van der Waals surface area contributed by atoms with E-state index in [2.05, 4.69) is 26.2 Å². The van der Waals surface area contributed by atoms with Crippen LogP contribution in [0.5, 0.6) is 5.75 Å². The number of amides is 1. The van der Waals surface area contributed by atoms with E-state index in [1.165, 1.54) is 0 Å². The molecule has 0 bridgehead atoms. The van der Waals surface area contributed by atoms with Gasteiger partial charge in [-0.3, -0.25) is 4.79 Å². The van der Waals surface area contributed by atoms with Gasteiger partial charge in [0.15, 0.2) is 6.61 Å². The Morgan fingerprint density at radius 2 is 1.96 bits per heavy atom. The van der Waals surface area contributed by atoms with Crippen LogP contribution >= 0.6 is 0 Å². The number of carbonyl (C=O) groups excluding carboxylic acids is 1. The summed E-state index contributed by atoms with van der Waals surface area (Å²) in [6.45, 7) is 6.22. The maximum absolute atomic E-state index is 12.1. The van der Waals surface area contributed by atoms with Gasteiger partial charge in [-0.2, -0.15) is 0 Å². The molecule has 27 heavy (non-hydrogen) atoms. The number of aryl methyl sites for hydroxylation is 1. The number of hydrogen-bond donors (Lipinski definition) is 2. The van der Waals surface area contributed by atoms with E-state index in [4.69, 9.17) is 4.74 Å². The Bertz CT molecular complexity index is 945. The molecule has 0 aliphatic carbocycles. The molecule has 3 aromatic rings. The van der Waals surface area contributed by atoms with Crippen molar-refractivity contribution in [2.45, 2.75) is 32.9 Å². The van der Waals surface area contributed by atoms with Gasteiger partial charge in [-0.15, -0.1) is 0 Å². The smallest absolute Gasteiger partial charge is 0.258 e. The predicted octanol–water partition coefficient (Wildman–Crippen LogP) is 2.27. The number of hydrogen-bond acceptors (Lipinski definition) is 6. The van der Waals surface area contributed by atoms with E-state index in [0.717, 1.165) is 16.3 Å². The van der Waals surface area contributed by atoms with Crippen molar-refractivity contribution in [3.63, 3.8) is 0 Å². The number of anilines is 1.